The fraction of sp³-hybridized carbons (Fsp3) is 1.00. The van der Waals surface area contributed by atoms with Crippen molar-refractivity contribution < 1.29 is 35.1 Å². The van der Waals surface area contributed by atoms with Crippen molar-refractivity contribution in [1.29, 1.82) is 0 Å². The van der Waals surface area contributed by atoms with E-state index in [1.54, 1.807) is 0 Å². The van der Waals surface area contributed by atoms with Crippen molar-refractivity contribution in [2.45, 2.75) is 39.5 Å². The van der Waals surface area contributed by atoms with Gasteiger partial charge in [-0.25, -0.2) is 35.1 Å². The number of halogens is 8. The van der Waals surface area contributed by atoms with E-state index in [-0.39, 0.29) is 0 Å². The van der Waals surface area contributed by atoms with Crippen molar-refractivity contribution in [3.8, 4) is 0 Å². The van der Waals surface area contributed by atoms with Crippen LogP contribution in [0.1, 0.15) is 13.8 Å². The molecule has 0 rings (SSSR count). The van der Waals surface area contributed by atoms with E-state index in [0.29, 0.717) is 0 Å². The van der Waals surface area contributed by atoms with E-state index in [0.717, 1.165) is 13.8 Å². The number of hydrogen-bond donors (Lipinski definition) is 0. The van der Waals surface area contributed by atoms with E-state index >= 15 is 0 Å². The first kappa shape index (κ1) is 17.8. The minimum absolute atomic E-state index is 0.815. The van der Waals surface area contributed by atoms with Gasteiger partial charge < -0.3 is 0 Å². The zero-order valence-electron chi connectivity index (χ0n) is 8.49. The lowest BCUT2D eigenvalue weighted by Gasteiger charge is -2.06. The molecule has 0 aliphatic heterocycles. The predicted octanol–water partition coefficient (Wildman–Crippen LogP) is 4.31. The molecule has 0 amide bonds. The highest BCUT2D eigenvalue weighted by Crippen LogP contribution is 2.17. The third-order valence-electron chi connectivity index (χ3n) is 1.59. The minimum atomic E-state index is -2.91. The van der Waals surface area contributed by atoms with Gasteiger partial charge >= 0.3 is 0 Å². The van der Waals surface area contributed by atoms with Crippen LogP contribution in [0.15, 0.2) is 0 Å². The Kier molecular flexibility index (Phi) is 9.55. The number of rotatable bonds is 4. The molecular weight excluding hydrogens is 248 g/mol. The first-order valence-corrected chi connectivity index (χ1v) is 4.23. The molecule has 0 fully saturated rings. The summed E-state index contributed by atoms with van der Waals surface area (Å²) in [6, 6.07) is 0. The lowest BCUT2D eigenvalue weighted by atomic mass is 10.2. The number of alkyl halides is 8. The van der Waals surface area contributed by atoms with E-state index in [9.17, 15) is 35.1 Å². The van der Waals surface area contributed by atoms with Gasteiger partial charge in [0.25, 0.3) is 0 Å². The van der Waals surface area contributed by atoms with Crippen LogP contribution in [0, 0.1) is 11.8 Å². The Labute approximate surface area is 87.6 Å². The zero-order valence-corrected chi connectivity index (χ0v) is 8.49. The van der Waals surface area contributed by atoms with Crippen LogP contribution < -0.4 is 0 Å². The number of hydrogen-bond acceptors (Lipinski definition) is 0. The monoisotopic (exact) mass is 260 g/mol. The highest BCUT2D eigenvalue weighted by atomic mass is 19.3. The summed E-state index contributed by atoms with van der Waals surface area (Å²) in [6.07, 6.45) is -11.6. The Morgan fingerprint density at radius 3 is 0.562 bits per heavy atom. The molecular formula is C8H12F8. The van der Waals surface area contributed by atoms with Crippen LogP contribution in [-0.4, -0.2) is 25.7 Å². The molecule has 8 heteroatoms. The van der Waals surface area contributed by atoms with Crippen LogP contribution in [0.2, 0.25) is 0 Å². The van der Waals surface area contributed by atoms with Gasteiger partial charge in [-0.2, -0.15) is 0 Å². The first-order chi connectivity index (χ1) is 7.11. The van der Waals surface area contributed by atoms with Crippen LogP contribution in [0.3, 0.4) is 0 Å². The fourth-order valence-corrected chi connectivity index (χ4v) is 0.220. The molecule has 100 valence electrons. The maximum Gasteiger partial charge on any atom is 0.246 e. The highest BCUT2D eigenvalue weighted by molar-refractivity contribution is 4.55. The van der Waals surface area contributed by atoms with E-state index in [2.05, 4.69) is 0 Å². The van der Waals surface area contributed by atoms with Crippen LogP contribution >= 0.6 is 0 Å². The molecule has 0 saturated carbocycles. The fourth-order valence-electron chi connectivity index (χ4n) is 0.220. The summed E-state index contributed by atoms with van der Waals surface area (Å²) in [6.45, 7) is 1.63. The van der Waals surface area contributed by atoms with Gasteiger partial charge in [0, 0.05) is 0 Å². The van der Waals surface area contributed by atoms with E-state index in [1.807, 2.05) is 0 Å². The molecule has 0 aromatic heterocycles. The molecule has 0 atom stereocenters. The Morgan fingerprint density at radius 2 is 0.562 bits per heavy atom. The first-order valence-electron chi connectivity index (χ1n) is 4.23. The molecule has 0 heterocycles. The van der Waals surface area contributed by atoms with Gasteiger partial charge in [-0.15, -0.1) is 0 Å². The molecule has 0 aromatic carbocycles. The second-order valence-corrected chi connectivity index (χ2v) is 3.06. The molecule has 0 radical (unpaired) electrons. The van der Waals surface area contributed by atoms with Crippen molar-refractivity contribution in [2.75, 3.05) is 0 Å². The molecule has 0 aliphatic carbocycles. The standard InChI is InChI=1S/2C4H6F4/c2*1-2(3(5)6)4(7)8/h2*2-4H,1H3. The van der Waals surface area contributed by atoms with Crippen molar-refractivity contribution in [3.05, 3.63) is 0 Å². The summed E-state index contributed by atoms with van der Waals surface area (Å²) in [7, 11) is 0. The molecule has 0 nitrogen and oxygen atoms in total. The van der Waals surface area contributed by atoms with Gasteiger partial charge in [0.15, 0.2) is 0 Å². The van der Waals surface area contributed by atoms with Crippen molar-refractivity contribution in [3.63, 3.8) is 0 Å². The third kappa shape index (κ3) is 8.72. The molecule has 0 spiro atoms. The molecule has 0 aliphatic rings. The van der Waals surface area contributed by atoms with Gasteiger partial charge in [0.1, 0.15) is 0 Å². The Morgan fingerprint density at radius 1 is 0.438 bits per heavy atom. The van der Waals surface area contributed by atoms with Crippen molar-refractivity contribution in [2.24, 2.45) is 11.8 Å². The van der Waals surface area contributed by atoms with Gasteiger partial charge in [0.2, 0.25) is 25.7 Å². The molecule has 0 saturated heterocycles. The molecule has 0 bridgehead atoms. The summed E-state index contributed by atoms with van der Waals surface area (Å²) < 4.78 is 89.6. The molecule has 0 unspecified atom stereocenters. The molecule has 0 N–H and O–H groups in total. The second kappa shape index (κ2) is 8.58. The predicted molar refractivity (Wildman–Crippen MR) is 42.3 cm³/mol. The maximum atomic E-state index is 11.2. The minimum Gasteiger partial charge on any atom is -0.210 e. The normalized spacial score (nSPS) is 12.0. The summed E-state index contributed by atoms with van der Waals surface area (Å²) >= 11 is 0. The topological polar surface area (TPSA) is 0 Å². The van der Waals surface area contributed by atoms with Crippen LogP contribution in [0.5, 0.6) is 0 Å². The van der Waals surface area contributed by atoms with Crippen molar-refractivity contribution in [1.82, 2.24) is 0 Å². The second-order valence-electron chi connectivity index (χ2n) is 3.06. The van der Waals surface area contributed by atoms with Crippen molar-refractivity contribution >= 4 is 0 Å². The lowest BCUT2D eigenvalue weighted by molar-refractivity contribution is -0.0174. The molecule has 0 aromatic rings. The van der Waals surface area contributed by atoms with Crippen LogP contribution in [0.4, 0.5) is 35.1 Å². The molecule has 16 heavy (non-hydrogen) atoms. The van der Waals surface area contributed by atoms with Gasteiger partial charge in [-0.3, -0.25) is 0 Å². The van der Waals surface area contributed by atoms with Crippen LogP contribution in [0.25, 0.3) is 0 Å². The van der Waals surface area contributed by atoms with E-state index in [1.165, 1.54) is 0 Å². The van der Waals surface area contributed by atoms with E-state index in [4.69, 9.17) is 0 Å². The Balaban J connectivity index is 0. The van der Waals surface area contributed by atoms with Gasteiger partial charge in [-0.1, -0.05) is 13.8 Å². The smallest absolute Gasteiger partial charge is 0.210 e. The maximum absolute atomic E-state index is 11.2. The quantitative estimate of drug-likeness (QED) is 0.661. The SMILES string of the molecule is CC(C(F)F)C(F)F.CC(C(F)F)C(F)F. The summed E-state index contributed by atoms with van der Waals surface area (Å²) in [4.78, 5) is 0. The van der Waals surface area contributed by atoms with Crippen LogP contribution in [-0.2, 0) is 0 Å². The van der Waals surface area contributed by atoms with E-state index < -0.39 is 37.5 Å². The lowest BCUT2D eigenvalue weighted by Crippen LogP contribution is -2.15. The Bertz CT molecular complexity index is 124. The highest BCUT2D eigenvalue weighted by Gasteiger charge is 2.24. The Hall–Kier alpha value is -0.560. The average molecular weight is 260 g/mol. The van der Waals surface area contributed by atoms with Gasteiger partial charge in [0.05, 0.1) is 11.8 Å². The zero-order chi connectivity index (χ0) is 13.5. The summed E-state index contributed by atoms with van der Waals surface area (Å²) in [5.41, 5.74) is 0. The average Bonchev–Trinajstić information content (AvgIpc) is 2.15. The third-order valence-corrected chi connectivity index (χ3v) is 1.59. The van der Waals surface area contributed by atoms with Gasteiger partial charge in [-0.05, 0) is 0 Å². The summed E-state index contributed by atoms with van der Waals surface area (Å²) in [5.74, 6) is -3.59. The summed E-state index contributed by atoms with van der Waals surface area (Å²) in [5, 5.41) is 0. The largest absolute Gasteiger partial charge is 0.246 e.